The fourth-order valence-electron chi connectivity index (χ4n) is 7.32. The Morgan fingerprint density at radius 3 is 1.14 bits per heavy atom. The van der Waals surface area contributed by atoms with E-state index < -0.39 is 6.10 Å². The molecule has 5 nitrogen and oxygen atoms in total. The first-order valence-corrected chi connectivity index (χ1v) is 27.4. The molecular weight excluding hydrogens is 813 g/mol. The van der Waals surface area contributed by atoms with E-state index in [2.05, 4.69) is 124 Å². The molecule has 1 unspecified atom stereocenters. The molecule has 0 aliphatic heterocycles. The highest BCUT2D eigenvalue weighted by atomic mass is 16.6. The van der Waals surface area contributed by atoms with E-state index in [4.69, 9.17) is 14.2 Å². The van der Waals surface area contributed by atoms with E-state index in [1.54, 1.807) is 0 Å². The van der Waals surface area contributed by atoms with Crippen molar-refractivity contribution in [2.75, 3.05) is 19.8 Å². The van der Waals surface area contributed by atoms with Crippen LogP contribution in [0.15, 0.2) is 109 Å². The number of ether oxygens (including phenoxy) is 3. The summed E-state index contributed by atoms with van der Waals surface area (Å²) in [4.78, 5) is 25.4. The predicted octanol–water partition coefficient (Wildman–Crippen LogP) is 18.8. The molecule has 0 bridgehead atoms. The molecule has 0 aliphatic carbocycles. The molecule has 0 aromatic carbocycles. The van der Waals surface area contributed by atoms with Crippen LogP contribution < -0.4 is 0 Å². The fourth-order valence-corrected chi connectivity index (χ4v) is 7.32. The molecule has 0 aromatic rings. The van der Waals surface area contributed by atoms with Gasteiger partial charge < -0.3 is 14.2 Å². The molecule has 66 heavy (non-hydrogen) atoms. The quantitative estimate of drug-likeness (QED) is 0.0346. The van der Waals surface area contributed by atoms with Crippen LogP contribution in [0.5, 0.6) is 0 Å². The first kappa shape index (κ1) is 62.6. The summed E-state index contributed by atoms with van der Waals surface area (Å²) in [6.45, 7) is 7.50. The second-order valence-electron chi connectivity index (χ2n) is 17.7. The van der Waals surface area contributed by atoms with Gasteiger partial charge in [-0.1, -0.05) is 246 Å². The summed E-state index contributed by atoms with van der Waals surface area (Å²) < 4.78 is 17.3. The topological polar surface area (TPSA) is 61.8 Å². The van der Waals surface area contributed by atoms with Crippen molar-refractivity contribution < 1.29 is 23.8 Å². The highest BCUT2D eigenvalue weighted by molar-refractivity contribution is 5.70. The maximum absolute atomic E-state index is 12.8. The second-order valence-corrected chi connectivity index (χ2v) is 17.7. The highest BCUT2D eigenvalue weighted by Gasteiger charge is 2.17. The molecule has 376 valence electrons. The summed E-state index contributed by atoms with van der Waals surface area (Å²) in [7, 11) is 0. The lowest BCUT2D eigenvalue weighted by Gasteiger charge is -2.18. The van der Waals surface area contributed by atoms with Gasteiger partial charge in [0.1, 0.15) is 6.61 Å². The zero-order chi connectivity index (χ0) is 47.7. The lowest BCUT2D eigenvalue weighted by Crippen LogP contribution is -2.30. The molecule has 5 heteroatoms. The van der Waals surface area contributed by atoms with Gasteiger partial charge in [0.25, 0.3) is 0 Å². The Balaban J connectivity index is 4.39. The van der Waals surface area contributed by atoms with Gasteiger partial charge >= 0.3 is 11.9 Å². The summed E-state index contributed by atoms with van der Waals surface area (Å²) in [5.74, 6) is -0.528. The summed E-state index contributed by atoms with van der Waals surface area (Å²) >= 11 is 0. The van der Waals surface area contributed by atoms with Gasteiger partial charge in [-0.2, -0.15) is 0 Å². The molecule has 0 saturated heterocycles. The van der Waals surface area contributed by atoms with E-state index in [1.807, 2.05) is 6.08 Å². The smallest absolute Gasteiger partial charge is 0.306 e. The molecule has 0 spiro atoms. The zero-order valence-electron chi connectivity index (χ0n) is 43.2. The van der Waals surface area contributed by atoms with Crippen LogP contribution in [0.1, 0.15) is 239 Å². The molecule has 0 N–H and O–H groups in total. The lowest BCUT2D eigenvalue weighted by molar-refractivity contribution is -0.162. The predicted molar refractivity (Wildman–Crippen MR) is 288 cm³/mol. The van der Waals surface area contributed by atoms with E-state index in [0.717, 1.165) is 96.3 Å². The largest absolute Gasteiger partial charge is 0.462 e. The van der Waals surface area contributed by atoms with Gasteiger partial charge in [0.05, 0.1) is 6.61 Å². The summed E-state index contributed by atoms with van der Waals surface area (Å²) in [6.07, 6.45) is 77.0. The molecule has 0 amide bonds. The van der Waals surface area contributed by atoms with E-state index in [-0.39, 0.29) is 25.2 Å². The Labute approximate surface area is 408 Å². The molecule has 0 saturated carbocycles. The first-order valence-electron chi connectivity index (χ1n) is 27.4. The van der Waals surface area contributed by atoms with E-state index in [1.165, 1.54) is 103 Å². The van der Waals surface area contributed by atoms with Crippen LogP contribution in [0.4, 0.5) is 0 Å². The molecule has 0 radical (unpaired) electrons. The number of rotatable bonds is 49. The van der Waals surface area contributed by atoms with Gasteiger partial charge in [0.15, 0.2) is 6.10 Å². The van der Waals surface area contributed by atoms with Gasteiger partial charge in [-0.05, 0) is 89.9 Å². The van der Waals surface area contributed by atoms with Crippen molar-refractivity contribution in [1.82, 2.24) is 0 Å². The number of esters is 2. The molecule has 0 aliphatic rings. The minimum atomic E-state index is -0.587. The molecule has 0 rings (SSSR count). The molecule has 0 aromatic heterocycles. The van der Waals surface area contributed by atoms with Crippen LogP contribution in [0.3, 0.4) is 0 Å². The number of carbonyl (C=O) groups excluding carboxylic acids is 2. The summed E-state index contributed by atoms with van der Waals surface area (Å²) in [5.41, 5.74) is 0. The Bertz CT molecular complexity index is 1310. The molecule has 1 atom stereocenters. The van der Waals surface area contributed by atoms with Crippen LogP contribution in [0.2, 0.25) is 0 Å². The molecule has 0 fully saturated rings. The summed E-state index contributed by atoms with van der Waals surface area (Å²) in [6, 6.07) is 0. The number of allylic oxidation sites excluding steroid dienone is 18. The third kappa shape index (κ3) is 53.2. The summed E-state index contributed by atoms with van der Waals surface area (Å²) in [5, 5.41) is 0. The normalized spacial score (nSPS) is 13.1. The monoisotopic (exact) mass is 915 g/mol. The van der Waals surface area contributed by atoms with Gasteiger partial charge in [0, 0.05) is 19.4 Å². The van der Waals surface area contributed by atoms with Crippen molar-refractivity contribution in [3.8, 4) is 0 Å². The average Bonchev–Trinajstić information content (AvgIpc) is 3.32. The SMILES string of the molecule is CC/C=C\C/C=C\C/C=C\C/C=C\C/C=C\C/C=C\CCC(=O)OCC(COCCCCCCCCCCCCCCCCCCCC)OC(=O)CCCCC/C=C\C/C=C\C/C=C\CC. The number of hydrogen-bond donors (Lipinski definition) is 0. The standard InChI is InChI=1S/C61H102O5/c1-4-7-10-13-16-19-22-25-27-29-31-32-34-37-39-42-45-48-51-54-60(62)65-58-59(66-61(63)55-52-49-46-43-40-36-24-21-18-15-12-9-6-3)57-64-56-53-50-47-44-41-38-35-33-30-28-26-23-20-17-14-11-8-5-2/h7,9-10,12,16,18-19,21,25,27,31-32,36-37,39-40,45,48,59H,4-6,8,11,13-15,17,20,22-24,26,28-30,33-35,38,41-44,46-47,49-58H2,1-3H3/b10-7-,12-9-,19-16-,21-18-,27-25-,32-31-,39-37-,40-36-,48-45-. The first-order chi connectivity index (χ1) is 32.6. The van der Waals surface area contributed by atoms with Crippen molar-refractivity contribution in [3.05, 3.63) is 109 Å². The second kappa shape index (κ2) is 55.9. The van der Waals surface area contributed by atoms with Crippen LogP contribution in [0.25, 0.3) is 0 Å². The fraction of sp³-hybridized carbons (Fsp3) is 0.672. The van der Waals surface area contributed by atoms with Crippen molar-refractivity contribution in [2.45, 2.75) is 245 Å². The van der Waals surface area contributed by atoms with Gasteiger partial charge in [-0.15, -0.1) is 0 Å². The lowest BCUT2D eigenvalue weighted by atomic mass is 10.0. The van der Waals surface area contributed by atoms with E-state index in [0.29, 0.717) is 25.9 Å². The van der Waals surface area contributed by atoms with Crippen molar-refractivity contribution >= 4 is 11.9 Å². The third-order valence-corrected chi connectivity index (χ3v) is 11.3. The van der Waals surface area contributed by atoms with Crippen LogP contribution in [0, 0.1) is 0 Å². The maximum Gasteiger partial charge on any atom is 0.306 e. The van der Waals surface area contributed by atoms with Gasteiger partial charge in [-0.3, -0.25) is 9.59 Å². The van der Waals surface area contributed by atoms with Crippen molar-refractivity contribution in [2.24, 2.45) is 0 Å². The third-order valence-electron chi connectivity index (χ3n) is 11.3. The number of unbranched alkanes of at least 4 members (excludes halogenated alkanes) is 20. The minimum absolute atomic E-state index is 0.0293. The van der Waals surface area contributed by atoms with Crippen LogP contribution in [-0.4, -0.2) is 37.9 Å². The minimum Gasteiger partial charge on any atom is -0.462 e. The maximum atomic E-state index is 12.8. The Morgan fingerprint density at radius 2 is 0.712 bits per heavy atom. The van der Waals surface area contributed by atoms with E-state index >= 15 is 0 Å². The van der Waals surface area contributed by atoms with Crippen LogP contribution >= 0.6 is 0 Å². The number of hydrogen-bond acceptors (Lipinski definition) is 5. The van der Waals surface area contributed by atoms with Gasteiger partial charge in [0.2, 0.25) is 0 Å². The van der Waals surface area contributed by atoms with Crippen molar-refractivity contribution in [1.29, 1.82) is 0 Å². The average molecular weight is 915 g/mol. The van der Waals surface area contributed by atoms with E-state index in [9.17, 15) is 9.59 Å². The molecular formula is C61H102O5. The number of carbonyl (C=O) groups is 2. The Hall–Kier alpha value is -3.44. The van der Waals surface area contributed by atoms with Crippen molar-refractivity contribution in [3.63, 3.8) is 0 Å². The Morgan fingerprint density at radius 1 is 0.348 bits per heavy atom. The Kier molecular flexibility index (Phi) is 53.0. The zero-order valence-corrected chi connectivity index (χ0v) is 43.2. The van der Waals surface area contributed by atoms with Crippen LogP contribution in [-0.2, 0) is 23.8 Å². The highest BCUT2D eigenvalue weighted by Crippen LogP contribution is 2.15. The molecule has 0 heterocycles. The van der Waals surface area contributed by atoms with Gasteiger partial charge in [-0.25, -0.2) is 0 Å².